The number of anilines is 1. The quantitative estimate of drug-likeness (QED) is 0.779. The van der Waals surface area contributed by atoms with Crippen molar-refractivity contribution in [2.45, 2.75) is 13.0 Å². The van der Waals surface area contributed by atoms with Crippen LogP contribution in [-0.4, -0.2) is 22.1 Å². The van der Waals surface area contributed by atoms with Gasteiger partial charge in [-0.25, -0.2) is 0 Å². The topological polar surface area (TPSA) is 62.2 Å². The normalized spacial score (nSPS) is 12.2. The molecule has 70 valence electrons. The fourth-order valence-corrected chi connectivity index (χ4v) is 0.938. The largest absolute Gasteiger partial charge is 0.480 e. The molecule has 0 saturated heterocycles. The Labute approximate surface area is 80.6 Å². The number of hydrogen-bond acceptors (Lipinski definition) is 3. The summed E-state index contributed by atoms with van der Waals surface area (Å²) in [5.41, 5.74) is 0.527. The van der Waals surface area contributed by atoms with Crippen LogP contribution in [0.2, 0.25) is 5.02 Å². The maximum Gasteiger partial charge on any atom is 0.325 e. The van der Waals surface area contributed by atoms with Crippen LogP contribution < -0.4 is 5.32 Å². The zero-order valence-corrected chi connectivity index (χ0v) is 7.75. The Kier molecular flexibility index (Phi) is 3.08. The van der Waals surface area contributed by atoms with E-state index in [4.69, 9.17) is 16.7 Å². The highest BCUT2D eigenvalue weighted by Crippen LogP contribution is 2.19. The summed E-state index contributed by atoms with van der Waals surface area (Å²) < 4.78 is 0. The van der Waals surface area contributed by atoms with Crippen molar-refractivity contribution in [1.82, 2.24) is 4.98 Å². The smallest absolute Gasteiger partial charge is 0.325 e. The first kappa shape index (κ1) is 9.80. The van der Waals surface area contributed by atoms with Crippen LogP contribution in [0.1, 0.15) is 6.92 Å². The lowest BCUT2D eigenvalue weighted by atomic mass is 10.3. The van der Waals surface area contributed by atoms with Crippen LogP contribution in [-0.2, 0) is 4.79 Å². The van der Waals surface area contributed by atoms with E-state index < -0.39 is 12.0 Å². The fraction of sp³-hybridized carbons (Fsp3) is 0.250. The predicted octanol–water partition coefficient (Wildman–Crippen LogP) is 1.62. The van der Waals surface area contributed by atoms with Gasteiger partial charge in [0.05, 0.1) is 16.9 Å². The number of carbonyl (C=O) groups is 1. The number of pyridine rings is 1. The molecule has 0 radical (unpaired) electrons. The van der Waals surface area contributed by atoms with Crippen LogP contribution in [0.15, 0.2) is 18.5 Å². The molecule has 0 fully saturated rings. The summed E-state index contributed by atoms with van der Waals surface area (Å²) in [5.74, 6) is -0.931. The third kappa shape index (κ3) is 2.59. The van der Waals surface area contributed by atoms with Crippen LogP contribution in [0.3, 0.4) is 0 Å². The van der Waals surface area contributed by atoms with Crippen molar-refractivity contribution in [1.29, 1.82) is 0 Å². The molecule has 0 amide bonds. The molecule has 2 N–H and O–H groups in total. The summed E-state index contributed by atoms with van der Waals surface area (Å²) in [7, 11) is 0. The Hall–Kier alpha value is -1.29. The van der Waals surface area contributed by atoms with Gasteiger partial charge in [-0.2, -0.15) is 0 Å². The van der Waals surface area contributed by atoms with Crippen molar-refractivity contribution in [2.75, 3.05) is 5.32 Å². The molecule has 0 aromatic carbocycles. The van der Waals surface area contributed by atoms with Crippen LogP contribution in [0.25, 0.3) is 0 Å². The van der Waals surface area contributed by atoms with Crippen molar-refractivity contribution in [2.24, 2.45) is 0 Å². The lowest BCUT2D eigenvalue weighted by Gasteiger charge is -2.10. The molecule has 1 rings (SSSR count). The maximum absolute atomic E-state index is 10.5. The van der Waals surface area contributed by atoms with E-state index in [-0.39, 0.29) is 0 Å². The monoisotopic (exact) mass is 200 g/mol. The van der Waals surface area contributed by atoms with E-state index in [2.05, 4.69) is 10.3 Å². The van der Waals surface area contributed by atoms with Crippen LogP contribution in [0.5, 0.6) is 0 Å². The van der Waals surface area contributed by atoms with E-state index in [1.54, 1.807) is 12.3 Å². The molecule has 4 nitrogen and oxygen atoms in total. The molecule has 13 heavy (non-hydrogen) atoms. The zero-order valence-electron chi connectivity index (χ0n) is 6.99. The van der Waals surface area contributed by atoms with E-state index in [0.29, 0.717) is 10.7 Å². The van der Waals surface area contributed by atoms with Gasteiger partial charge in [-0.1, -0.05) is 11.6 Å². The van der Waals surface area contributed by atoms with Crippen molar-refractivity contribution < 1.29 is 9.90 Å². The van der Waals surface area contributed by atoms with E-state index in [1.807, 2.05) is 0 Å². The molecule has 0 aliphatic heterocycles. The average Bonchev–Trinajstić information content (AvgIpc) is 2.08. The van der Waals surface area contributed by atoms with E-state index in [1.165, 1.54) is 13.1 Å². The van der Waals surface area contributed by atoms with Crippen molar-refractivity contribution in [3.05, 3.63) is 23.5 Å². The van der Waals surface area contributed by atoms with Gasteiger partial charge in [0, 0.05) is 6.20 Å². The summed E-state index contributed by atoms with van der Waals surface area (Å²) in [6.07, 6.45) is 3.03. The molecule has 1 aromatic heterocycles. The molecule has 0 bridgehead atoms. The molecule has 0 aliphatic rings. The Morgan fingerprint density at radius 3 is 3.00 bits per heavy atom. The number of aliphatic carboxylic acids is 1. The number of aromatic nitrogens is 1. The minimum Gasteiger partial charge on any atom is -0.480 e. The molecular weight excluding hydrogens is 192 g/mol. The standard InChI is InChI=1S/C8H9ClN2O2/c1-5(8(12)13)11-7-4-10-3-2-6(7)9/h2-5,11H,1H3,(H,12,13). The number of carboxylic acids is 1. The molecule has 5 heteroatoms. The Balaban J connectivity index is 2.74. The summed E-state index contributed by atoms with van der Waals surface area (Å²) in [6.45, 7) is 1.53. The molecule has 1 aromatic rings. The highest BCUT2D eigenvalue weighted by Gasteiger charge is 2.11. The Bertz CT molecular complexity index is 317. The first-order chi connectivity index (χ1) is 6.11. The van der Waals surface area contributed by atoms with Crippen molar-refractivity contribution in [3.8, 4) is 0 Å². The van der Waals surface area contributed by atoms with Gasteiger partial charge in [-0.3, -0.25) is 9.78 Å². The second kappa shape index (κ2) is 4.09. The summed E-state index contributed by atoms with van der Waals surface area (Å²) >= 11 is 5.78. The SMILES string of the molecule is CC(Nc1cnccc1Cl)C(=O)O. The maximum atomic E-state index is 10.5. The van der Waals surface area contributed by atoms with Crippen LogP contribution in [0.4, 0.5) is 5.69 Å². The Morgan fingerprint density at radius 2 is 2.46 bits per heavy atom. The molecule has 0 spiro atoms. The van der Waals surface area contributed by atoms with Gasteiger partial charge >= 0.3 is 5.97 Å². The molecule has 1 atom stereocenters. The molecule has 1 heterocycles. The van der Waals surface area contributed by atoms with Gasteiger partial charge in [-0.05, 0) is 13.0 Å². The molecule has 0 aliphatic carbocycles. The van der Waals surface area contributed by atoms with Crippen molar-refractivity contribution >= 4 is 23.3 Å². The van der Waals surface area contributed by atoms with Gasteiger partial charge < -0.3 is 10.4 Å². The van der Waals surface area contributed by atoms with E-state index >= 15 is 0 Å². The second-order valence-electron chi connectivity index (χ2n) is 2.56. The van der Waals surface area contributed by atoms with Gasteiger partial charge in [-0.15, -0.1) is 0 Å². The van der Waals surface area contributed by atoms with Crippen molar-refractivity contribution in [3.63, 3.8) is 0 Å². The Morgan fingerprint density at radius 1 is 1.77 bits per heavy atom. The van der Waals surface area contributed by atoms with Crippen LogP contribution in [0, 0.1) is 0 Å². The molecule has 1 unspecified atom stereocenters. The van der Waals surface area contributed by atoms with E-state index in [0.717, 1.165) is 0 Å². The summed E-state index contributed by atoms with van der Waals surface area (Å²) in [5, 5.41) is 11.8. The number of carboxylic acid groups (broad SMARTS) is 1. The third-order valence-corrected chi connectivity index (χ3v) is 1.84. The lowest BCUT2D eigenvalue weighted by molar-refractivity contribution is -0.137. The third-order valence-electron chi connectivity index (χ3n) is 1.51. The number of halogens is 1. The lowest BCUT2D eigenvalue weighted by Crippen LogP contribution is -2.25. The van der Waals surface area contributed by atoms with Crippen LogP contribution >= 0.6 is 11.6 Å². The number of rotatable bonds is 3. The molecule has 0 saturated carbocycles. The second-order valence-corrected chi connectivity index (χ2v) is 2.97. The molecular formula is C8H9ClN2O2. The zero-order chi connectivity index (χ0) is 9.84. The highest BCUT2D eigenvalue weighted by atomic mass is 35.5. The van der Waals surface area contributed by atoms with Gasteiger partial charge in [0.1, 0.15) is 6.04 Å². The summed E-state index contributed by atoms with van der Waals surface area (Å²) in [6, 6.07) is 0.917. The van der Waals surface area contributed by atoms with Gasteiger partial charge in [0.25, 0.3) is 0 Å². The predicted molar refractivity (Wildman–Crippen MR) is 50.0 cm³/mol. The minimum absolute atomic E-state index is 0.461. The van der Waals surface area contributed by atoms with E-state index in [9.17, 15) is 4.79 Å². The summed E-state index contributed by atoms with van der Waals surface area (Å²) in [4.78, 5) is 14.3. The minimum atomic E-state index is -0.931. The first-order valence-corrected chi connectivity index (χ1v) is 4.08. The van der Waals surface area contributed by atoms with Gasteiger partial charge in [0.2, 0.25) is 0 Å². The highest BCUT2D eigenvalue weighted by molar-refractivity contribution is 6.33. The fourth-order valence-electron chi connectivity index (χ4n) is 0.779. The first-order valence-electron chi connectivity index (χ1n) is 3.70. The van der Waals surface area contributed by atoms with Gasteiger partial charge in [0.15, 0.2) is 0 Å². The average molecular weight is 201 g/mol. The number of nitrogens with one attached hydrogen (secondary N) is 1. The number of nitrogens with zero attached hydrogens (tertiary/aromatic N) is 1. The number of hydrogen-bond donors (Lipinski definition) is 2.